The highest BCUT2D eigenvalue weighted by Crippen LogP contribution is 2.15. The zero-order valence-electron chi connectivity index (χ0n) is 15.6. The van der Waals surface area contributed by atoms with Crippen LogP contribution in [0.2, 0.25) is 0 Å². The third-order valence-corrected chi connectivity index (χ3v) is 3.90. The first-order chi connectivity index (χ1) is 12.7. The molecular weight excluding hydrogens is 354 g/mol. The SMILES string of the molecule is CC(C)C(NC(=O)c1c(F)cccc1F)C(=O)Nc1ccc(N(C)C)nc1. The van der Waals surface area contributed by atoms with Crippen LogP contribution in [-0.2, 0) is 4.79 Å². The molecule has 0 radical (unpaired) electrons. The minimum atomic E-state index is -0.987. The number of carbonyl (C=O) groups is 2. The number of aromatic nitrogens is 1. The first-order valence-corrected chi connectivity index (χ1v) is 8.39. The van der Waals surface area contributed by atoms with Gasteiger partial charge >= 0.3 is 0 Å². The van der Waals surface area contributed by atoms with Crippen LogP contribution in [0.3, 0.4) is 0 Å². The van der Waals surface area contributed by atoms with E-state index in [1.165, 1.54) is 12.3 Å². The molecule has 0 fully saturated rings. The molecule has 8 heteroatoms. The Morgan fingerprint density at radius 2 is 1.70 bits per heavy atom. The fraction of sp³-hybridized carbons (Fsp3) is 0.316. The van der Waals surface area contributed by atoms with Crippen LogP contribution in [0.5, 0.6) is 0 Å². The summed E-state index contributed by atoms with van der Waals surface area (Å²) in [6.45, 7) is 3.44. The summed E-state index contributed by atoms with van der Waals surface area (Å²) in [7, 11) is 3.68. The topological polar surface area (TPSA) is 74.3 Å². The van der Waals surface area contributed by atoms with E-state index in [-0.39, 0.29) is 5.92 Å². The number of benzene rings is 1. The van der Waals surface area contributed by atoms with Crippen LogP contribution in [0.4, 0.5) is 20.3 Å². The Bertz CT molecular complexity index is 803. The maximum atomic E-state index is 13.8. The van der Waals surface area contributed by atoms with Crippen molar-refractivity contribution in [2.75, 3.05) is 24.3 Å². The van der Waals surface area contributed by atoms with Crippen LogP contribution in [0.25, 0.3) is 0 Å². The summed E-state index contributed by atoms with van der Waals surface area (Å²) in [5.74, 6) is -3.05. The minimum Gasteiger partial charge on any atom is -0.363 e. The molecule has 6 nitrogen and oxygen atoms in total. The quantitative estimate of drug-likeness (QED) is 0.813. The minimum absolute atomic E-state index is 0.308. The number of rotatable bonds is 6. The molecule has 2 amide bonds. The van der Waals surface area contributed by atoms with E-state index in [1.54, 1.807) is 26.0 Å². The molecule has 2 rings (SSSR count). The second-order valence-electron chi connectivity index (χ2n) is 6.58. The van der Waals surface area contributed by atoms with Gasteiger partial charge in [-0.05, 0) is 30.2 Å². The molecule has 2 aromatic rings. The predicted molar refractivity (Wildman–Crippen MR) is 99.6 cm³/mol. The van der Waals surface area contributed by atoms with Gasteiger partial charge < -0.3 is 15.5 Å². The standard InChI is InChI=1S/C19H22F2N4O2/c1-11(2)17(24-18(26)16-13(20)6-5-7-14(16)21)19(27)23-12-8-9-15(22-10-12)25(3)4/h5-11,17H,1-4H3,(H,23,27)(H,24,26). The number of pyridine rings is 1. The normalized spacial score (nSPS) is 11.8. The molecule has 1 aromatic heterocycles. The Balaban J connectivity index is 2.14. The van der Waals surface area contributed by atoms with E-state index in [4.69, 9.17) is 0 Å². The molecule has 0 saturated carbocycles. The monoisotopic (exact) mass is 376 g/mol. The Hall–Kier alpha value is -3.03. The predicted octanol–water partition coefficient (Wildman–Crippen LogP) is 2.82. The molecule has 2 N–H and O–H groups in total. The number of carbonyl (C=O) groups excluding carboxylic acids is 2. The van der Waals surface area contributed by atoms with Crippen molar-refractivity contribution in [3.05, 3.63) is 53.7 Å². The summed E-state index contributed by atoms with van der Waals surface area (Å²) in [6, 6.07) is 5.56. The van der Waals surface area contributed by atoms with Crippen molar-refractivity contribution in [1.82, 2.24) is 10.3 Å². The van der Waals surface area contributed by atoms with Crippen LogP contribution in [-0.4, -0.2) is 36.9 Å². The van der Waals surface area contributed by atoms with Gasteiger partial charge in [0, 0.05) is 14.1 Å². The van der Waals surface area contributed by atoms with E-state index >= 15 is 0 Å². The first-order valence-electron chi connectivity index (χ1n) is 8.39. The van der Waals surface area contributed by atoms with Crippen molar-refractivity contribution in [1.29, 1.82) is 0 Å². The Morgan fingerprint density at radius 3 is 2.19 bits per heavy atom. The average molecular weight is 376 g/mol. The van der Waals surface area contributed by atoms with Gasteiger partial charge in [-0.15, -0.1) is 0 Å². The number of nitrogens with zero attached hydrogens (tertiary/aromatic N) is 2. The van der Waals surface area contributed by atoms with Gasteiger partial charge in [0.2, 0.25) is 5.91 Å². The van der Waals surface area contributed by atoms with Gasteiger partial charge in [0.05, 0.1) is 11.9 Å². The lowest BCUT2D eigenvalue weighted by molar-refractivity contribution is -0.118. The van der Waals surface area contributed by atoms with Crippen LogP contribution in [0.15, 0.2) is 36.5 Å². The Morgan fingerprint density at radius 1 is 1.07 bits per heavy atom. The fourth-order valence-corrected chi connectivity index (χ4v) is 2.41. The summed E-state index contributed by atoms with van der Waals surface area (Å²) in [4.78, 5) is 30.8. The van der Waals surface area contributed by atoms with Gasteiger partial charge in [0.25, 0.3) is 5.91 Å². The van der Waals surface area contributed by atoms with Crippen molar-refractivity contribution in [2.45, 2.75) is 19.9 Å². The third kappa shape index (κ3) is 4.99. The number of amides is 2. The first kappa shape index (κ1) is 20.3. The number of anilines is 2. The summed E-state index contributed by atoms with van der Waals surface area (Å²) in [5, 5.41) is 5.06. The van der Waals surface area contributed by atoms with Crippen molar-refractivity contribution >= 4 is 23.3 Å². The summed E-state index contributed by atoms with van der Waals surface area (Å²) >= 11 is 0. The second kappa shape index (κ2) is 8.57. The van der Waals surface area contributed by atoms with Gasteiger partial charge in [0.15, 0.2) is 0 Å². The molecule has 0 bridgehead atoms. The lowest BCUT2D eigenvalue weighted by Gasteiger charge is -2.22. The molecule has 1 unspecified atom stereocenters. The van der Waals surface area contributed by atoms with E-state index in [1.807, 2.05) is 19.0 Å². The molecule has 144 valence electrons. The van der Waals surface area contributed by atoms with E-state index in [0.29, 0.717) is 5.69 Å². The Kier molecular flexibility index (Phi) is 6.44. The molecule has 1 aromatic carbocycles. The molecule has 0 saturated heterocycles. The smallest absolute Gasteiger partial charge is 0.257 e. The van der Waals surface area contributed by atoms with Gasteiger partial charge in [0.1, 0.15) is 29.1 Å². The van der Waals surface area contributed by atoms with Crippen LogP contribution in [0.1, 0.15) is 24.2 Å². The van der Waals surface area contributed by atoms with Gasteiger partial charge in [-0.1, -0.05) is 19.9 Å². The summed E-state index contributed by atoms with van der Waals surface area (Å²) in [5.41, 5.74) is -0.268. The number of nitrogens with one attached hydrogen (secondary N) is 2. The fourth-order valence-electron chi connectivity index (χ4n) is 2.41. The maximum Gasteiger partial charge on any atom is 0.257 e. The maximum absolute atomic E-state index is 13.8. The van der Waals surface area contributed by atoms with Gasteiger partial charge in [-0.2, -0.15) is 0 Å². The van der Waals surface area contributed by atoms with Crippen molar-refractivity contribution in [3.8, 4) is 0 Å². The van der Waals surface area contributed by atoms with Gasteiger partial charge in [-0.3, -0.25) is 9.59 Å². The number of hydrogen-bond donors (Lipinski definition) is 2. The van der Waals surface area contributed by atoms with E-state index in [2.05, 4.69) is 15.6 Å². The van der Waals surface area contributed by atoms with E-state index < -0.39 is 35.1 Å². The summed E-state index contributed by atoms with van der Waals surface area (Å²) in [6.07, 6.45) is 1.49. The van der Waals surface area contributed by atoms with Crippen molar-refractivity contribution < 1.29 is 18.4 Å². The molecular formula is C19H22F2N4O2. The molecule has 27 heavy (non-hydrogen) atoms. The molecule has 1 heterocycles. The highest BCUT2D eigenvalue weighted by molar-refractivity contribution is 6.01. The third-order valence-electron chi connectivity index (χ3n) is 3.90. The van der Waals surface area contributed by atoms with Crippen LogP contribution in [0, 0.1) is 17.6 Å². The number of halogens is 2. The molecule has 0 aliphatic rings. The van der Waals surface area contributed by atoms with E-state index in [0.717, 1.165) is 18.0 Å². The van der Waals surface area contributed by atoms with Crippen LogP contribution >= 0.6 is 0 Å². The van der Waals surface area contributed by atoms with E-state index in [9.17, 15) is 18.4 Å². The lowest BCUT2D eigenvalue weighted by atomic mass is 10.0. The average Bonchev–Trinajstić information content (AvgIpc) is 2.59. The lowest BCUT2D eigenvalue weighted by Crippen LogP contribution is -2.47. The molecule has 1 atom stereocenters. The molecule has 0 aliphatic heterocycles. The van der Waals surface area contributed by atoms with Crippen LogP contribution < -0.4 is 15.5 Å². The van der Waals surface area contributed by atoms with Gasteiger partial charge in [-0.25, -0.2) is 13.8 Å². The molecule has 0 spiro atoms. The largest absolute Gasteiger partial charge is 0.363 e. The second-order valence-corrected chi connectivity index (χ2v) is 6.58. The highest BCUT2D eigenvalue weighted by Gasteiger charge is 2.27. The zero-order valence-corrected chi connectivity index (χ0v) is 15.6. The van der Waals surface area contributed by atoms with Crippen molar-refractivity contribution in [3.63, 3.8) is 0 Å². The number of hydrogen-bond acceptors (Lipinski definition) is 4. The van der Waals surface area contributed by atoms with Crippen molar-refractivity contribution in [2.24, 2.45) is 5.92 Å². The summed E-state index contributed by atoms with van der Waals surface area (Å²) < 4.78 is 27.6. The Labute approximate surface area is 156 Å². The zero-order chi connectivity index (χ0) is 20.1. The molecule has 0 aliphatic carbocycles. The highest BCUT2D eigenvalue weighted by atomic mass is 19.1.